The molecular formula is C29H35ClFN7O2S. The summed E-state index contributed by atoms with van der Waals surface area (Å²) >= 11 is 6.50. The average molecular weight is 600 g/mol. The summed E-state index contributed by atoms with van der Waals surface area (Å²) in [5.41, 5.74) is 3.83. The topological polar surface area (TPSA) is 104 Å². The molecule has 2 aromatic carbocycles. The normalized spacial score (nSPS) is 20.0. The third-order valence-corrected chi connectivity index (χ3v) is 9.00. The first-order valence-electron chi connectivity index (χ1n) is 13.2. The van der Waals surface area contributed by atoms with E-state index in [4.69, 9.17) is 11.6 Å². The summed E-state index contributed by atoms with van der Waals surface area (Å²) < 4.78 is 44.9. The van der Waals surface area contributed by atoms with Crippen molar-refractivity contribution in [2.45, 2.75) is 49.1 Å². The zero-order valence-corrected chi connectivity index (χ0v) is 25.1. The second-order valence-corrected chi connectivity index (χ2v) is 12.3. The molecule has 1 fully saturated rings. The Morgan fingerprint density at radius 1 is 1.24 bits per heavy atom. The number of anilines is 1. The molecule has 3 atom stereocenters. The zero-order chi connectivity index (χ0) is 29.7. The van der Waals surface area contributed by atoms with E-state index in [1.165, 1.54) is 11.6 Å². The van der Waals surface area contributed by atoms with Crippen LogP contribution >= 0.6 is 11.6 Å². The molecule has 9 nitrogen and oxygen atoms in total. The minimum Gasteiger partial charge on any atom is -0.379 e. The van der Waals surface area contributed by atoms with Gasteiger partial charge in [0.2, 0.25) is 0 Å². The first-order chi connectivity index (χ1) is 19.5. The molecule has 0 amide bonds. The molecule has 1 aliphatic rings. The quantitative estimate of drug-likeness (QED) is 0.239. The SMILES string of the molecule is C=NC=N/C(=C\C)NS(=O)(=O)c1cc(Cl)c(N[C@H]2CC[C@H](c3cccc(-c4cnn(C)c4)c3)C[C@@H]2N(C)C)cc1F. The predicted molar refractivity (Wildman–Crippen MR) is 164 cm³/mol. The number of benzene rings is 2. The Morgan fingerprint density at radius 2 is 2.02 bits per heavy atom. The van der Waals surface area contributed by atoms with Crippen LogP contribution < -0.4 is 10.0 Å². The minimum atomic E-state index is -4.28. The molecule has 4 rings (SSSR count). The summed E-state index contributed by atoms with van der Waals surface area (Å²) in [6, 6.07) is 11.0. The van der Waals surface area contributed by atoms with Gasteiger partial charge in [0.05, 0.1) is 16.9 Å². The van der Waals surface area contributed by atoms with Gasteiger partial charge in [-0.3, -0.25) is 14.4 Å². The van der Waals surface area contributed by atoms with Crippen LogP contribution in [0.15, 0.2) is 75.6 Å². The van der Waals surface area contributed by atoms with Crippen LogP contribution in [-0.4, -0.2) is 62.3 Å². The summed E-state index contributed by atoms with van der Waals surface area (Å²) in [4.78, 5) is 8.88. The predicted octanol–water partition coefficient (Wildman–Crippen LogP) is 5.43. The number of sulfonamides is 1. The summed E-state index contributed by atoms with van der Waals surface area (Å²) in [6.07, 6.45) is 9.02. The van der Waals surface area contributed by atoms with Gasteiger partial charge in [0.15, 0.2) is 0 Å². The van der Waals surface area contributed by atoms with Gasteiger partial charge < -0.3 is 10.2 Å². The Balaban J connectivity index is 1.52. The van der Waals surface area contributed by atoms with Gasteiger partial charge in [0.25, 0.3) is 10.0 Å². The van der Waals surface area contributed by atoms with Crippen LogP contribution in [-0.2, 0) is 17.1 Å². The van der Waals surface area contributed by atoms with Crippen LogP contribution in [0.2, 0.25) is 5.02 Å². The number of halogens is 2. The van der Waals surface area contributed by atoms with E-state index in [1.807, 2.05) is 33.5 Å². The van der Waals surface area contributed by atoms with Crippen molar-refractivity contribution in [3.8, 4) is 11.1 Å². The highest BCUT2D eigenvalue weighted by molar-refractivity contribution is 7.89. The molecule has 2 N–H and O–H groups in total. The molecule has 0 bridgehead atoms. The molecule has 0 aliphatic heterocycles. The summed E-state index contributed by atoms with van der Waals surface area (Å²) in [6.45, 7) is 4.85. The Hall–Kier alpha value is -3.54. The van der Waals surface area contributed by atoms with Crippen LogP contribution in [0.5, 0.6) is 0 Å². The van der Waals surface area contributed by atoms with Crippen molar-refractivity contribution in [1.82, 2.24) is 19.4 Å². The first kappa shape index (κ1) is 30.4. The Bertz CT molecular complexity index is 1570. The Morgan fingerprint density at radius 3 is 2.68 bits per heavy atom. The maximum Gasteiger partial charge on any atom is 0.266 e. The Labute approximate surface area is 245 Å². The van der Waals surface area contributed by atoms with Crippen LogP contribution in [0.3, 0.4) is 0 Å². The molecule has 1 saturated carbocycles. The van der Waals surface area contributed by atoms with Crippen LogP contribution in [0.4, 0.5) is 10.1 Å². The number of allylic oxidation sites excluding steroid dienone is 1. The smallest absolute Gasteiger partial charge is 0.266 e. The van der Waals surface area contributed by atoms with E-state index in [1.54, 1.807) is 11.6 Å². The first-order valence-corrected chi connectivity index (χ1v) is 15.1. The molecule has 3 aromatic rings. The van der Waals surface area contributed by atoms with E-state index in [0.29, 0.717) is 11.6 Å². The number of aryl methyl sites for hydroxylation is 1. The molecule has 0 saturated heterocycles. The zero-order valence-electron chi connectivity index (χ0n) is 23.6. The maximum absolute atomic E-state index is 15.2. The molecule has 1 aliphatic carbocycles. The number of hydrogen-bond donors (Lipinski definition) is 2. The summed E-state index contributed by atoms with van der Waals surface area (Å²) in [7, 11) is 1.68. The van der Waals surface area contributed by atoms with E-state index >= 15 is 4.39 Å². The third-order valence-electron chi connectivity index (χ3n) is 7.32. The fourth-order valence-corrected chi connectivity index (χ4v) is 6.66. The molecule has 1 heterocycles. The van der Waals surface area contributed by atoms with Gasteiger partial charge in [-0.25, -0.2) is 17.8 Å². The van der Waals surface area contributed by atoms with E-state index in [-0.39, 0.29) is 22.9 Å². The number of likely N-dealkylation sites (N-methyl/N-ethyl adjacent to an activating group) is 1. The van der Waals surface area contributed by atoms with Crippen molar-refractivity contribution in [3.63, 3.8) is 0 Å². The molecule has 0 spiro atoms. The number of nitrogens with one attached hydrogen (secondary N) is 2. The summed E-state index contributed by atoms with van der Waals surface area (Å²) in [5, 5.41) is 7.80. The lowest BCUT2D eigenvalue weighted by Crippen LogP contribution is -2.47. The molecular weight excluding hydrogens is 565 g/mol. The fraction of sp³-hybridized carbons (Fsp3) is 0.345. The van der Waals surface area contributed by atoms with Gasteiger partial charge in [0, 0.05) is 30.9 Å². The number of aliphatic imine (C=N–C) groups is 2. The average Bonchev–Trinajstić information content (AvgIpc) is 3.39. The number of nitrogens with zero attached hydrogens (tertiary/aromatic N) is 5. The molecule has 12 heteroatoms. The van der Waals surface area contributed by atoms with Crippen molar-refractivity contribution in [3.05, 3.63) is 77.1 Å². The highest BCUT2D eigenvalue weighted by Gasteiger charge is 2.33. The molecule has 0 unspecified atom stereocenters. The van der Waals surface area contributed by atoms with Crippen molar-refractivity contribution in [1.29, 1.82) is 0 Å². The van der Waals surface area contributed by atoms with Crippen LogP contribution in [0.25, 0.3) is 11.1 Å². The highest BCUT2D eigenvalue weighted by Crippen LogP contribution is 2.38. The lowest BCUT2D eigenvalue weighted by molar-refractivity contribution is 0.196. The lowest BCUT2D eigenvalue weighted by Gasteiger charge is -2.41. The van der Waals surface area contributed by atoms with Crippen molar-refractivity contribution in [2.24, 2.45) is 17.0 Å². The number of hydrogen-bond acceptors (Lipinski definition) is 6. The van der Waals surface area contributed by atoms with E-state index in [2.05, 4.69) is 61.0 Å². The van der Waals surface area contributed by atoms with Gasteiger partial charge >= 0.3 is 0 Å². The Kier molecular flexibility index (Phi) is 9.62. The molecule has 218 valence electrons. The standard InChI is InChI=1S/C29H35ClFN7O2S/c1-6-29(33-18-32-2)36-41(39,40)28-14-23(30)26(15-24(28)31)35-25-11-10-21(13-27(25)37(3)4)19-8-7-9-20(12-19)22-16-34-38(5)17-22/h6-9,12,14-18,21,25,27,35-36H,2,10-11,13H2,1,3-5H3/b29-6+,33-18?/t21-,25-,27-/m0/s1. The van der Waals surface area contributed by atoms with Gasteiger partial charge in [-0.2, -0.15) is 5.10 Å². The third kappa shape index (κ3) is 7.22. The van der Waals surface area contributed by atoms with Gasteiger partial charge in [-0.1, -0.05) is 35.9 Å². The largest absolute Gasteiger partial charge is 0.379 e. The van der Waals surface area contributed by atoms with Crippen molar-refractivity contribution in [2.75, 3.05) is 19.4 Å². The number of aromatic nitrogens is 2. The van der Waals surface area contributed by atoms with Crippen LogP contribution in [0.1, 0.15) is 37.7 Å². The van der Waals surface area contributed by atoms with Gasteiger partial charge in [-0.05, 0) is 82.3 Å². The summed E-state index contributed by atoms with van der Waals surface area (Å²) in [5.74, 6) is -0.595. The molecule has 1 aromatic heterocycles. The second-order valence-electron chi connectivity index (χ2n) is 10.3. The molecule has 0 radical (unpaired) electrons. The lowest BCUT2D eigenvalue weighted by atomic mass is 9.77. The van der Waals surface area contributed by atoms with E-state index in [0.717, 1.165) is 48.9 Å². The fourth-order valence-electron chi connectivity index (χ4n) is 5.23. The van der Waals surface area contributed by atoms with Crippen molar-refractivity contribution < 1.29 is 12.8 Å². The van der Waals surface area contributed by atoms with Crippen molar-refractivity contribution >= 4 is 40.4 Å². The highest BCUT2D eigenvalue weighted by atomic mass is 35.5. The number of rotatable bonds is 10. The van der Waals surface area contributed by atoms with E-state index < -0.39 is 20.7 Å². The van der Waals surface area contributed by atoms with E-state index in [9.17, 15) is 8.42 Å². The minimum absolute atomic E-state index is 0.0180. The maximum atomic E-state index is 15.2. The molecule has 41 heavy (non-hydrogen) atoms. The van der Waals surface area contributed by atoms with Gasteiger partial charge in [-0.15, -0.1) is 0 Å². The second kappa shape index (κ2) is 13.0. The van der Waals surface area contributed by atoms with Crippen LogP contribution in [0, 0.1) is 5.82 Å². The monoisotopic (exact) mass is 599 g/mol. The van der Waals surface area contributed by atoms with Gasteiger partial charge in [0.1, 0.15) is 22.9 Å².